The molecule has 1 atom stereocenters. The zero-order valence-corrected chi connectivity index (χ0v) is 15.4. The van der Waals surface area contributed by atoms with Gasteiger partial charge in [-0.05, 0) is 6.07 Å². The van der Waals surface area contributed by atoms with Gasteiger partial charge in [0.05, 0.1) is 13.0 Å². The Morgan fingerprint density at radius 2 is 1.89 bits per heavy atom. The van der Waals surface area contributed by atoms with Crippen LogP contribution in [-0.2, 0) is 5.41 Å². The van der Waals surface area contributed by atoms with E-state index in [0.29, 0.717) is 16.9 Å². The largest absolute Gasteiger partial charge is 0.508 e. The summed E-state index contributed by atoms with van der Waals surface area (Å²) in [5.74, 6) is -1.09. The molecule has 142 valence electrons. The van der Waals surface area contributed by atoms with Crippen LogP contribution in [0.5, 0.6) is 28.7 Å². The van der Waals surface area contributed by atoms with E-state index in [0.717, 1.165) is 6.07 Å². The van der Waals surface area contributed by atoms with Crippen molar-refractivity contribution in [3.8, 4) is 28.7 Å². The first-order chi connectivity index (χ1) is 12.7. The third-order valence-corrected chi connectivity index (χ3v) is 4.96. The van der Waals surface area contributed by atoms with Crippen molar-refractivity contribution < 1.29 is 29.6 Å². The van der Waals surface area contributed by atoms with Crippen molar-refractivity contribution in [3.63, 3.8) is 0 Å². The van der Waals surface area contributed by atoms with Gasteiger partial charge in [-0.3, -0.25) is 4.79 Å². The number of carbonyl (C=O) groups excluding carboxylic acids is 1. The molecule has 0 fully saturated rings. The Kier molecular flexibility index (Phi) is 4.51. The highest BCUT2D eigenvalue weighted by Crippen LogP contribution is 2.44. The number of phenolic OH excluding ortho intramolecular Hbond substituents is 3. The van der Waals surface area contributed by atoms with Gasteiger partial charge < -0.3 is 24.8 Å². The molecular weight excluding hydrogens is 348 g/mol. The van der Waals surface area contributed by atoms with Crippen LogP contribution >= 0.6 is 0 Å². The summed E-state index contributed by atoms with van der Waals surface area (Å²) < 4.78 is 11.0. The van der Waals surface area contributed by atoms with Crippen LogP contribution in [0.1, 0.15) is 41.3 Å². The van der Waals surface area contributed by atoms with Gasteiger partial charge in [-0.1, -0.05) is 19.9 Å². The fourth-order valence-corrected chi connectivity index (χ4v) is 3.26. The molecule has 6 heteroatoms. The summed E-state index contributed by atoms with van der Waals surface area (Å²) in [6.07, 6.45) is 1.71. The smallest absolute Gasteiger partial charge is 0.181 e. The molecule has 2 aromatic carbocycles. The summed E-state index contributed by atoms with van der Waals surface area (Å²) in [6, 6.07) is 5.58. The van der Waals surface area contributed by atoms with E-state index in [2.05, 4.69) is 6.58 Å². The average molecular weight is 370 g/mol. The highest BCUT2D eigenvalue weighted by atomic mass is 16.5. The lowest BCUT2D eigenvalue weighted by Gasteiger charge is -2.29. The molecule has 0 spiro atoms. The van der Waals surface area contributed by atoms with Gasteiger partial charge in [0.1, 0.15) is 40.9 Å². The number of hydrogen-bond donors (Lipinski definition) is 3. The van der Waals surface area contributed by atoms with Crippen LogP contribution in [0.4, 0.5) is 0 Å². The summed E-state index contributed by atoms with van der Waals surface area (Å²) in [7, 11) is 1.45. The van der Waals surface area contributed by atoms with Crippen molar-refractivity contribution in [2.75, 3.05) is 13.7 Å². The molecule has 1 heterocycles. The van der Waals surface area contributed by atoms with Crippen LogP contribution in [0, 0.1) is 0 Å². The van der Waals surface area contributed by atoms with Crippen LogP contribution in [0.25, 0.3) is 0 Å². The zero-order chi connectivity index (χ0) is 19.9. The zero-order valence-electron chi connectivity index (χ0n) is 15.4. The Hall–Kier alpha value is -3.15. The molecule has 0 aliphatic carbocycles. The van der Waals surface area contributed by atoms with Crippen molar-refractivity contribution >= 4 is 5.78 Å². The first-order valence-electron chi connectivity index (χ1n) is 8.47. The van der Waals surface area contributed by atoms with Crippen molar-refractivity contribution in [1.29, 1.82) is 0 Å². The van der Waals surface area contributed by atoms with Gasteiger partial charge in [-0.2, -0.15) is 0 Å². The fraction of sp³-hybridized carbons (Fsp3) is 0.286. The van der Waals surface area contributed by atoms with E-state index in [9.17, 15) is 20.1 Å². The second-order valence-electron chi connectivity index (χ2n) is 7.10. The van der Waals surface area contributed by atoms with Crippen LogP contribution in [0.2, 0.25) is 0 Å². The van der Waals surface area contributed by atoms with Gasteiger partial charge >= 0.3 is 0 Å². The van der Waals surface area contributed by atoms with Crippen LogP contribution in [0.3, 0.4) is 0 Å². The molecule has 1 aliphatic rings. The second kappa shape index (κ2) is 6.54. The quantitative estimate of drug-likeness (QED) is 0.711. The van der Waals surface area contributed by atoms with Gasteiger partial charge in [-0.25, -0.2) is 0 Å². The molecule has 0 saturated carbocycles. The van der Waals surface area contributed by atoms with E-state index >= 15 is 0 Å². The van der Waals surface area contributed by atoms with Gasteiger partial charge in [0.2, 0.25) is 0 Å². The molecule has 3 rings (SSSR count). The van der Waals surface area contributed by atoms with E-state index in [-0.39, 0.29) is 41.0 Å². The summed E-state index contributed by atoms with van der Waals surface area (Å²) in [6.45, 7) is 7.62. The summed E-state index contributed by atoms with van der Waals surface area (Å²) >= 11 is 0. The van der Waals surface area contributed by atoms with Gasteiger partial charge in [-0.15, -0.1) is 6.58 Å². The topological polar surface area (TPSA) is 96.2 Å². The Morgan fingerprint density at radius 1 is 1.19 bits per heavy atom. The highest BCUT2D eigenvalue weighted by molar-refractivity contribution is 6.07. The van der Waals surface area contributed by atoms with Crippen LogP contribution in [-0.4, -0.2) is 34.8 Å². The van der Waals surface area contributed by atoms with Crippen LogP contribution < -0.4 is 9.47 Å². The Balaban J connectivity index is 2.15. The lowest BCUT2D eigenvalue weighted by Crippen LogP contribution is -2.27. The molecule has 2 aromatic rings. The van der Waals surface area contributed by atoms with Crippen molar-refractivity contribution in [3.05, 3.63) is 53.6 Å². The number of methoxy groups -OCH3 is 1. The minimum absolute atomic E-state index is 0.0173. The number of ether oxygens (including phenoxy) is 2. The number of carbonyl (C=O) groups is 1. The number of allylic oxidation sites excluding steroid dienone is 1. The number of fused-ring (bicyclic) bond motifs is 1. The number of aromatic hydroxyl groups is 3. The van der Waals surface area contributed by atoms with Gasteiger partial charge in [0.25, 0.3) is 0 Å². The molecule has 0 aromatic heterocycles. The molecule has 1 aliphatic heterocycles. The van der Waals surface area contributed by atoms with Gasteiger partial charge in [0.15, 0.2) is 5.78 Å². The molecular formula is C21H22O6. The number of Topliss-reactive ketones (excluding diaryl/α,β-unsaturated/α-hetero) is 1. The fourth-order valence-electron chi connectivity index (χ4n) is 3.26. The normalized spacial score (nSPS) is 16.4. The Bertz CT molecular complexity index is 929. The number of hydrogen-bond acceptors (Lipinski definition) is 6. The number of ketones is 1. The van der Waals surface area contributed by atoms with E-state index in [1.807, 2.05) is 13.8 Å². The molecule has 0 bridgehead atoms. The van der Waals surface area contributed by atoms with Crippen LogP contribution in [0.15, 0.2) is 36.9 Å². The average Bonchev–Trinajstić information content (AvgIpc) is 2.61. The number of phenols is 3. The van der Waals surface area contributed by atoms with Gasteiger partial charge in [0, 0.05) is 34.7 Å². The maximum absolute atomic E-state index is 13.1. The predicted octanol–water partition coefficient (Wildman–Crippen LogP) is 3.63. The lowest BCUT2D eigenvalue weighted by atomic mass is 9.80. The third-order valence-electron chi connectivity index (χ3n) is 4.96. The molecule has 0 radical (unpaired) electrons. The highest BCUT2D eigenvalue weighted by Gasteiger charge is 2.36. The van der Waals surface area contributed by atoms with E-state index in [1.165, 1.54) is 19.2 Å². The standard InChI is InChI=1S/C21H22O6/c1-5-21(2,3)14-8-12(17(26-4)9-15(14)23)13-10-27-18-7-11(22)6-16(24)19(18)20(13)25/h5-9,13,22-24H,1,10H2,2-4H3. The lowest BCUT2D eigenvalue weighted by molar-refractivity contribution is 0.0889. The summed E-state index contributed by atoms with van der Waals surface area (Å²) in [5, 5.41) is 30.1. The number of rotatable bonds is 4. The molecule has 27 heavy (non-hydrogen) atoms. The SMILES string of the molecule is C=CC(C)(C)c1cc(C2COc3cc(O)cc(O)c3C2=O)c(OC)cc1O. The number of benzene rings is 2. The Labute approximate surface area is 157 Å². The molecule has 6 nitrogen and oxygen atoms in total. The van der Waals surface area contributed by atoms with Crippen molar-refractivity contribution in [2.24, 2.45) is 0 Å². The minimum Gasteiger partial charge on any atom is -0.508 e. The predicted molar refractivity (Wildman–Crippen MR) is 100 cm³/mol. The third kappa shape index (κ3) is 3.07. The van der Waals surface area contributed by atoms with Crippen molar-refractivity contribution in [2.45, 2.75) is 25.2 Å². The maximum atomic E-state index is 13.1. The van der Waals surface area contributed by atoms with Crippen molar-refractivity contribution in [1.82, 2.24) is 0 Å². The summed E-state index contributed by atoms with van der Waals surface area (Å²) in [5.41, 5.74) is 0.629. The second-order valence-corrected chi connectivity index (χ2v) is 7.10. The monoisotopic (exact) mass is 370 g/mol. The maximum Gasteiger partial charge on any atom is 0.181 e. The first kappa shape index (κ1) is 18.6. The van der Waals surface area contributed by atoms with E-state index in [4.69, 9.17) is 9.47 Å². The Morgan fingerprint density at radius 3 is 2.52 bits per heavy atom. The summed E-state index contributed by atoms with van der Waals surface area (Å²) in [4.78, 5) is 13.1. The molecule has 0 saturated heterocycles. The molecule has 3 N–H and O–H groups in total. The molecule has 0 amide bonds. The van der Waals surface area contributed by atoms with E-state index < -0.39 is 11.3 Å². The molecule has 1 unspecified atom stereocenters. The first-order valence-corrected chi connectivity index (χ1v) is 8.47. The minimum atomic E-state index is -0.733. The van der Waals surface area contributed by atoms with E-state index in [1.54, 1.807) is 12.1 Å².